The van der Waals surface area contributed by atoms with Gasteiger partial charge in [0.2, 0.25) is 0 Å². The minimum Gasteiger partial charge on any atom is -0.213 e. The molecule has 29 heavy (non-hydrogen) atoms. The summed E-state index contributed by atoms with van der Waals surface area (Å²) in [6.45, 7) is 6.47. The Kier molecular flexibility index (Phi) is 4.32. The summed E-state index contributed by atoms with van der Waals surface area (Å²) >= 11 is 1.81. The maximum absolute atomic E-state index is 4.94. The number of fused-ring (bicyclic) bond motifs is 3. The molecule has 1 aliphatic carbocycles. The molecule has 5 rings (SSSR count). The number of thiophene rings is 1. The van der Waals surface area contributed by atoms with E-state index in [0.29, 0.717) is 0 Å². The maximum Gasteiger partial charge on any atom is 0.165 e. The van der Waals surface area contributed by atoms with Gasteiger partial charge in [-0.2, -0.15) is 0 Å². The number of aromatic nitrogens is 3. The second-order valence-electron chi connectivity index (χ2n) is 8.50. The van der Waals surface area contributed by atoms with E-state index in [1.165, 1.54) is 25.7 Å². The van der Waals surface area contributed by atoms with E-state index in [9.17, 15) is 0 Å². The van der Waals surface area contributed by atoms with Crippen molar-refractivity contribution in [3.8, 4) is 11.4 Å². The Hall–Kier alpha value is -2.85. The Morgan fingerprint density at radius 3 is 2.45 bits per heavy atom. The fourth-order valence-corrected chi connectivity index (χ4v) is 4.90. The van der Waals surface area contributed by atoms with Crippen LogP contribution in [0.4, 0.5) is 0 Å². The van der Waals surface area contributed by atoms with Gasteiger partial charge < -0.3 is 0 Å². The van der Waals surface area contributed by atoms with E-state index in [4.69, 9.17) is 15.0 Å². The molecule has 1 aliphatic rings. The quantitative estimate of drug-likeness (QED) is 0.368. The van der Waals surface area contributed by atoms with Gasteiger partial charge in [0.1, 0.15) is 5.82 Å². The highest BCUT2D eigenvalue weighted by molar-refractivity contribution is 7.26. The number of rotatable bonds is 2. The molecular formula is C25H23N3S. The minimum absolute atomic E-state index is 0.147. The highest BCUT2D eigenvalue weighted by Crippen LogP contribution is 2.39. The second-order valence-corrected chi connectivity index (χ2v) is 9.55. The van der Waals surface area contributed by atoms with Crippen molar-refractivity contribution in [2.75, 3.05) is 0 Å². The summed E-state index contributed by atoms with van der Waals surface area (Å²) in [5.41, 5.74) is 2.13. The molecule has 0 spiro atoms. The van der Waals surface area contributed by atoms with Crippen LogP contribution in [-0.4, -0.2) is 15.0 Å². The molecule has 0 radical (unpaired) electrons. The molecule has 3 nitrogen and oxygen atoms in total. The summed E-state index contributed by atoms with van der Waals surface area (Å²) in [6.07, 6.45) is 8.43. The zero-order chi connectivity index (χ0) is 20.0. The molecule has 4 aromatic rings. The largest absolute Gasteiger partial charge is 0.213 e. The average Bonchev–Trinajstić information content (AvgIpc) is 3.12. The van der Waals surface area contributed by atoms with Crippen LogP contribution in [0.3, 0.4) is 0 Å². The summed E-state index contributed by atoms with van der Waals surface area (Å²) < 4.78 is 2.53. The molecule has 2 heterocycles. The van der Waals surface area contributed by atoms with Crippen molar-refractivity contribution in [3.05, 3.63) is 72.3 Å². The molecule has 0 atom stereocenters. The van der Waals surface area contributed by atoms with Crippen molar-refractivity contribution in [3.63, 3.8) is 0 Å². The minimum atomic E-state index is -0.147. The van der Waals surface area contributed by atoms with Gasteiger partial charge in [0, 0.05) is 31.2 Å². The third kappa shape index (κ3) is 3.28. The first-order chi connectivity index (χ1) is 14.0. The van der Waals surface area contributed by atoms with Gasteiger partial charge in [-0.05, 0) is 30.5 Å². The van der Waals surface area contributed by atoms with Crippen LogP contribution in [0.5, 0.6) is 0 Å². The van der Waals surface area contributed by atoms with Gasteiger partial charge in [-0.15, -0.1) is 11.3 Å². The smallest absolute Gasteiger partial charge is 0.165 e. The molecule has 4 heteroatoms. The fraction of sp³-hybridized carbons (Fsp3) is 0.240. The van der Waals surface area contributed by atoms with Gasteiger partial charge in [-0.3, -0.25) is 0 Å². The Balaban J connectivity index is 1.77. The van der Waals surface area contributed by atoms with Gasteiger partial charge in [-0.25, -0.2) is 15.0 Å². The van der Waals surface area contributed by atoms with Crippen molar-refractivity contribution >= 4 is 37.1 Å². The third-order valence-electron chi connectivity index (χ3n) is 5.25. The Morgan fingerprint density at radius 2 is 1.66 bits per heavy atom. The molecule has 2 aromatic carbocycles. The van der Waals surface area contributed by atoms with Gasteiger partial charge in [0.05, 0.1) is 0 Å². The normalized spacial score (nSPS) is 14.5. The van der Waals surface area contributed by atoms with E-state index in [0.717, 1.165) is 35.9 Å². The first kappa shape index (κ1) is 18.2. The molecule has 0 N–H and O–H groups in total. The molecule has 0 unspecified atom stereocenters. The predicted molar refractivity (Wildman–Crippen MR) is 123 cm³/mol. The zero-order valence-corrected chi connectivity index (χ0v) is 17.8. The highest BCUT2D eigenvalue weighted by Gasteiger charge is 2.22. The van der Waals surface area contributed by atoms with Crippen molar-refractivity contribution in [1.29, 1.82) is 0 Å². The average molecular weight is 398 g/mol. The zero-order valence-electron chi connectivity index (χ0n) is 16.9. The lowest BCUT2D eigenvalue weighted by Gasteiger charge is -2.19. The molecule has 144 valence electrons. The highest BCUT2D eigenvalue weighted by atomic mass is 32.1. The molecule has 0 bridgehead atoms. The van der Waals surface area contributed by atoms with E-state index in [1.807, 2.05) is 11.3 Å². The molecule has 0 fully saturated rings. The lowest BCUT2D eigenvalue weighted by atomic mass is 9.95. The lowest BCUT2D eigenvalue weighted by molar-refractivity contribution is 0.541. The van der Waals surface area contributed by atoms with E-state index in [1.54, 1.807) is 0 Å². The summed E-state index contributed by atoms with van der Waals surface area (Å²) in [5.74, 6) is 2.42. The van der Waals surface area contributed by atoms with Crippen molar-refractivity contribution in [2.45, 2.75) is 39.0 Å². The van der Waals surface area contributed by atoms with Gasteiger partial charge >= 0.3 is 0 Å². The van der Waals surface area contributed by atoms with Crippen LogP contribution in [0.15, 0.2) is 60.7 Å². The number of benzene rings is 2. The summed E-state index contributed by atoms with van der Waals surface area (Å²) in [7, 11) is 0. The van der Waals surface area contributed by atoms with Crippen molar-refractivity contribution in [2.24, 2.45) is 0 Å². The molecule has 0 saturated carbocycles. The van der Waals surface area contributed by atoms with Crippen LogP contribution >= 0.6 is 11.3 Å². The molecule has 0 amide bonds. The topological polar surface area (TPSA) is 38.7 Å². The van der Waals surface area contributed by atoms with Crippen molar-refractivity contribution < 1.29 is 0 Å². The van der Waals surface area contributed by atoms with Crippen LogP contribution in [0, 0.1) is 0 Å². The summed E-state index contributed by atoms with van der Waals surface area (Å²) in [4.78, 5) is 14.7. The van der Waals surface area contributed by atoms with Crippen molar-refractivity contribution in [1.82, 2.24) is 15.0 Å². The van der Waals surface area contributed by atoms with Crippen LogP contribution < -0.4 is 0 Å². The number of hydrogen-bond acceptors (Lipinski definition) is 4. The summed E-state index contributed by atoms with van der Waals surface area (Å²) in [6, 6.07) is 15.0. The van der Waals surface area contributed by atoms with Gasteiger partial charge in [0.25, 0.3) is 0 Å². The van der Waals surface area contributed by atoms with Crippen LogP contribution in [-0.2, 0) is 5.41 Å². The summed E-state index contributed by atoms with van der Waals surface area (Å²) in [5, 5.41) is 2.56. The van der Waals surface area contributed by atoms with E-state index < -0.39 is 0 Å². The van der Waals surface area contributed by atoms with E-state index in [-0.39, 0.29) is 5.41 Å². The van der Waals surface area contributed by atoms with Crippen LogP contribution in [0.1, 0.15) is 45.3 Å². The standard InChI is InChI=1S/C25H23N3S/c1-25(2,3)24-27-22(16-10-5-4-6-11-16)26-23(28-24)19-14-9-13-18-17-12-7-8-15-20(17)29-21(18)19/h4-5,7-10,12-15H,6,11H2,1-3H3. The molecular weight excluding hydrogens is 374 g/mol. The lowest BCUT2D eigenvalue weighted by Crippen LogP contribution is -2.19. The first-order valence-electron chi connectivity index (χ1n) is 10.0. The second kappa shape index (κ2) is 6.89. The fourth-order valence-electron chi connectivity index (χ4n) is 3.69. The monoisotopic (exact) mass is 397 g/mol. The number of allylic oxidation sites excluding steroid dienone is 4. The predicted octanol–water partition coefficient (Wildman–Crippen LogP) is 6.94. The maximum atomic E-state index is 4.94. The SMILES string of the molecule is CC(C)(C)c1nc(C2=CC=CCC2)nc(-c2cccc3c2sc2ccccc23)n1. The van der Waals surface area contributed by atoms with E-state index in [2.05, 4.69) is 81.5 Å². The van der Waals surface area contributed by atoms with Crippen LogP contribution in [0.25, 0.3) is 37.1 Å². The Morgan fingerprint density at radius 1 is 0.862 bits per heavy atom. The number of hydrogen-bond donors (Lipinski definition) is 0. The van der Waals surface area contributed by atoms with Gasteiger partial charge in [-0.1, -0.05) is 69.3 Å². The van der Waals surface area contributed by atoms with Gasteiger partial charge in [0.15, 0.2) is 11.6 Å². The van der Waals surface area contributed by atoms with E-state index >= 15 is 0 Å². The molecule has 0 aliphatic heterocycles. The third-order valence-corrected chi connectivity index (χ3v) is 6.47. The first-order valence-corrected chi connectivity index (χ1v) is 10.9. The number of nitrogens with zero attached hydrogens (tertiary/aromatic N) is 3. The molecule has 2 aromatic heterocycles. The Bertz CT molecular complexity index is 1290. The Labute approximate surface area is 174 Å². The molecule has 0 saturated heterocycles. The van der Waals surface area contributed by atoms with Crippen LogP contribution in [0.2, 0.25) is 0 Å².